The van der Waals surface area contributed by atoms with E-state index in [1.807, 2.05) is 25.7 Å². The fourth-order valence-corrected chi connectivity index (χ4v) is 3.55. The summed E-state index contributed by atoms with van der Waals surface area (Å²) in [5, 5.41) is 6.65. The summed E-state index contributed by atoms with van der Waals surface area (Å²) in [4.78, 5) is 34.5. The Morgan fingerprint density at radius 1 is 1.10 bits per heavy atom. The summed E-state index contributed by atoms with van der Waals surface area (Å²) in [7, 11) is 0. The second-order valence-corrected chi connectivity index (χ2v) is 8.83. The molecule has 9 nitrogen and oxygen atoms in total. The van der Waals surface area contributed by atoms with Crippen LogP contribution in [0.4, 0.5) is 4.79 Å². The number of likely N-dealkylation sites (tertiary alicyclic amines) is 1. The highest BCUT2D eigenvalue weighted by molar-refractivity contribution is 14.0. The summed E-state index contributed by atoms with van der Waals surface area (Å²) < 4.78 is 5.45. The van der Waals surface area contributed by atoms with E-state index in [1.165, 1.54) is 0 Å². The quantitative estimate of drug-likeness (QED) is 0.207. The molecule has 0 aliphatic carbocycles. The lowest BCUT2D eigenvalue weighted by Gasteiger charge is -2.35. The Balaban J connectivity index is 0.00000480. The van der Waals surface area contributed by atoms with Crippen molar-refractivity contribution in [2.75, 3.05) is 65.4 Å². The Labute approximate surface area is 204 Å². The van der Waals surface area contributed by atoms with Gasteiger partial charge in [0.2, 0.25) is 5.91 Å². The number of ether oxygens (including phenoxy) is 1. The summed E-state index contributed by atoms with van der Waals surface area (Å²) in [5.41, 5.74) is -0.454. The number of carbonyl (C=O) groups excluding carboxylic acids is 2. The number of carbonyl (C=O) groups is 2. The molecule has 0 aromatic heterocycles. The van der Waals surface area contributed by atoms with Crippen molar-refractivity contribution in [3.63, 3.8) is 0 Å². The molecule has 0 radical (unpaired) electrons. The van der Waals surface area contributed by atoms with Gasteiger partial charge in [0.1, 0.15) is 5.60 Å². The summed E-state index contributed by atoms with van der Waals surface area (Å²) >= 11 is 0. The topological polar surface area (TPSA) is 89.5 Å². The van der Waals surface area contributed by atoms with Gasteiger partial charge in [0.15, 0.2) is 5.96 Å². The van der Waals surface area contributed by atoms with Crippen LogP contribution >= 0.6 is 24.0 Å². The molecule has 0 bridgehead atoms. The van der Waals surface area contributed by atoms with Crippen LogP contribution in [0.3, 0.4) is 0 Å². The molecule has 2 N–H and O–H groups in total. The Morgan fingerprint density at radius 2 is 1.81 bits per heavy atom. The van der Waals surface area contributed by atoms with Gasteiger partial charge >= 0.3 is 6.09 Å². The molecule has 180 valence electrons. The van der Waals surface area contributed by atoms with E-state index in [0.717, 1.165) is 64.6 Å². The van der Waals surface area contributed by atoms with Gasteiger partial charge in [-0.1, -0.05) is 0 Å². The van der Waals surface area contributed by atoms with Crippen LogP contribution in [0.1, 0.15) is 47.0 Å². The number of nitrogens with one attached hydrogen (secondary N) is 2. The molecule has 2 aliphatic heterocycles. The van der Waals surface area contributed by atoms with Gasteiger partial charge in [-0.25, -0.2) is 4.79 Å². The number of hydrogen-bond donors (Lipinski definition) is 2. The highest BCUT2D eigenvalue weighted by atomic mass is 127. The maximum absolute atomic E-state index is 12.2. The third-order valence-corrected chi connectivity index (χ3v) is 5.12. The lowest BCUT2D eigenvalue weighted by Crippen LogP contribution is -2.51. The fraction of sp³-hybridized carbons (Fsp3) is 0.857. The number of rotatable bonds is 8. The lowest BCUT2D eigenvalue weighted by atomic mass is 10.2. The zero-order valence-corrected chi connectivity index (χ0v) is 21.9. The van der Waals surface area contributed by atoms with E-state index in [1.54, 1.807) is 4.90 Å². The minimum absolute atomic E-state index is 0. The van der Waals surface area contributed by atoms with Gasteiger partial charge in [-0.15, -0.1) is 24.0 Å². The number of piperazine rings is 1. The number of guanidine groups is 1. The molecule has 0 aromatic rings. The van der Waals surface area contributed by atoms with Crippen molar-refractivity contribution in [3.05, 3.63) is 0 Å². The highest BCUT2D eigenvalue weighted by Gasteiger charge is 2.25. The zero-order chi connectivity index (χ0) is 22.0. The standard InChI is InChI=1S/C21H40N6O3.HI/c1-5-22-19(23-9-7-12-26-11-6-8-18(26)28)24-10-13-25-14-16-27(17-15-25)20(29)30-21(2,3)4;/h5-17H2,1-4H3,(H2,22,23,24);1H. The van der Waals surface area contributed by atoms with Crippen molar-refractivity contribution >= 4 is 41.9 Å². The van der Waals surface area contributed by atoms with E-state index in [9.17, 15) is 9.59 Å². The van der Waals surface area contributed by atoms with Gasteiger partial charge in [-0.2, -0.15) is 0 Å². The van der Waals surface area contributed by atoms with Crippen molar-refractivity contribution in [3.8, 4) is 0 Å². The van der Waals surface area contributed by atoms with E-state index < -0.39 is 5.60 Å². The largest absolute Gasteiger partial charge is 0.444 e. The molecule has 2 aliphatic rings. The highest BCUT2D eigenvalue weighted by Crippen LogP contribution is 2.12. The Hall–Kier alpha value is -1.30. The van der Waals surface area contributed by atoms with E-state index >= 15 is 0 Å². The second kappa shape index (κ2) is 14.0. The molecule has 2 heterocycles. The van der Waals surface area contributed by atoms with E-state index in [-0.39, 0.29) is 36.0 Å². The molecule has 2 amide bonds. The fourth-order valence-electron chi connectivity index (χ4n) is 3.55. The van der Waals surface area contributed by atoms with Gasteiger partial charge in [-0.3, -0.25) is 14.7 Å². The van der Waals surface area contributed by atoms with Crippen molar-refractivity contribution in [2.24, 2.45) is 4.99 Å². The molecule has 0 spiro atoms. The number of halogens is 1. The first-order valence-corrected chi connectivity index (χ1v) is 11.3. The van der Waals surface area contributed by atoms with Crippen molar-refractivity contribution in [2.45, 2.75) is 52.6 Å². The van der Waals surface area contributed by atoms with Crippen molar-refractivity contribution < 1.29 is 14.3 Å². The van der Waals surface area contributed by atoms with Crippen LogP contribution in [-0.4, -0.2) is 104 Å². The Bertz CT molecular complexity index is 588. The predicted molar refractivity (Wildman–Crippen MR) is 134 cm³/mol. The predicted octanol–water partition coefficient (Wildman–Crippen LogP) is 1.72. The first kappa shape index (κ1) is 27.7. The van der Waals surface area contributed by atoms with Gasteiger partial charge in [0, 0.05) is 71.9 Å². The molecular weight excluding hydrogens is 511 g/mol. The zero-order valence-electron chi connectivity index (χ0n) is 19.6. The normalized spacial score (nSPS) is 18.1. The molecule has 0 aromatic carbocycles. The van der Waals surface area contributed by atoms with Crippen LogP contribution < -0.4 is 10.6 Å². The molecular formula is C21H41IN6O3. The summed E-state index contributed by atoms with van der Waals surface area (Å²) in [6.07, 6.45) is 2.34. The molecule has 2 rings (SSSR count). The molecule has 31 heavy (non-hydrogen) atoms. The van der Waals surface area contributed by atoms with E-state index in [0.29, 0.717) is 26.1 Å². The maximum Gasteiger partial charge on any atom is 0.410 e. The number of nitrogens with zero attached hydrogens (tertiary/aromatic N) is 4. The Morgan fingerprint density at radius 3 is 2.39 bits per heavy atom. The number of hydrogen-bond acceptors (Lipinski definition) is 5. The molecule has 0 saturated carbocycles. The van der Waals surface area contributed by atoms with Crippen LogP contribution in [0.15, 0.2) is 4.99 Å². The SMILES string of the molecule is CCNC(=NCCCN1CCCC1=O)NCCN1CCN(C(=O)OC(C)(C)C)CC1.I. The lowest BCUT2D eigenvalue weighted by molar-refractivity contribution is -0.127. The third kappa shape index (κ3) is 10.7. The number of amides is 2. The Kier molecular flexibility index (Phi) is 12.5. The first-order valence-electron chi connectivity index (χ1n) is 11.3. The minimum Gasteiger partial charge on any atom is -0.444 e. The van der Waals surface area contributed by atoms with Gasteiger partial charge in [0.05, 0.1) is 0 Å². The van der Waals surface area contributed by atoms with E-state index in [4.69, 9.17) is 4.74 Å². The summed E-state index contributed by atoms with van der Waals surface area (Å²) in [5.74, 6) is 1.09. The molecule has 10 heteroatoms. The number of aliphatic imine (C=N–C) groups is 1. The van der Waals surface area contributed by atoms with Crippen molar-refractivity contribution in [1.29, 1.82) is 0 Å². The van der Waals surface area contributed by atoms with E-state index in [2.05, 4.69) is 27.4 Å². The molecule has 2 fully saturated rings. The monoisotopic (exact) mass is 552 g/mol. The second-order valence-electron chi connectivity index (χ2n) is 8.83. The van der Waals surface area contributed by atoms with Crippen LogP contribution in [0.5, 0.6) is 0 Å². The van der Waals surface area contributed by atoms with Crippen LogP contribution in [0.2, 0.25) is 0 Å². The van der Waals surface area contributed by atoms with Crippen LogP contribution in [0, 0.1) is 0 Å². The van der Waals surface area contributed by atoms with Crippen LogP contribution in [-0.2, 0) is 9.53 Å². The van der Waals surface area contributed by atoms with Crippen LogP contribution in [0.25, 0.3) is 0 Å². The van der Waals surface area contributed by atoms with Gasteiger partial charge in [-0.05, 0) is 40.5 Å². The average Bonchev–Trinajstić information content (AvgIpc) is 3.09. The summed E-state index contributed by atoms with van der Waals surface area (Å²) in [6.45, 7) is 15.7. The smallest absolute Gasteiger partial charge is 0.410 e. The van der Waals surface area contributed by atoms with Gasteiger partial charge in [0.25, 0.3) is 0 Å². The minimum atomic E-state index is -0.454. The third-order valence-electron chi connectivity index (χ3n) is 5.12. The molecule has 2 saturated heterocycles. The average molecular weight is 553 g/mol. The maximum atomic E-state index is 12.2. The summed E-state index contributed by atoms with van der Waals surface area (Å²) in [6, 6.07) is 0. The molecule has 0 atom stereocenters. The molecule has 0 unspecified atom stereocenters. The van der Waals surface area contributed by atoms with Gasteiger partial charge < -0.3 is 25.2 Å². The van der Waals surface area contributed by atoms with Crippen molar-refractivity contribution in [1.82, 2.24) is 25.3 Å². The first-order chi connectivity index (χ1) is 14.3.